The lowest BCUT2D eigenvalue weighted by Crippen LogP contribution is -2.43. The SMILES string of the molecule is COC(=O)N[C@H]1CN(c2ccc(N3C=NN(S(N)(=O)=O)CC3)c(F)c2)C(=O)O1. The molecule has 28 heavy (non-hydrogen) atoms. The zero-order valence-corrected chi connectivity index (χ0v) is 15.4. The van der Waals surface area contributed by atoms with Crippen molar-refractivity contribution in [1.82, 2.24) is 9.73 Å². The van der Waals surface area contributed by atoms with Crippen LogP contribution in [0.15, 0.2) is 23.3 Å². The Hall–Kier alpha value is -3.13. The maximum Gasteiger partial charge on any atom is 0.416 e. The van der Waals surface area contributed by atoms with Gasteiger partial charge in [-0.2, -0.15) is 17.9 Å². The van der Waals surface area contributed by atoms with Gasteiger partial charge in [-0.15, -0.1) is 0 Å². The van der Waals surface area contributed by atoms with Crippen LogP contribution in [0.4, 0.5) is 25.4 Å². The molecule has 0 aromatic heterocycles. The Balaban J connectivity index is 1.73. The molecule has 0 radical (unpaired) electrons. The fourth-order valence-electron chi connectivity index (χ4n) is 2.64. The topological polar surface area (TPSA) is 147 Å². The van der Waals surface area contributed by atoms with Crippen LogP contribution in [0, 0.1) is 5.82 Å². The quantitative estimate of drug-likeness (QED) is 0.687. The summed E-state index contributed by atoms with van der Waals surface area (Å²) in [7, 11) is -2.79. The van der Waals surface area contributed by atoms with Crippen LogP contribution in [0.25, 0.3) is 0 Å². The molecule has 2 heterocycles. The highest BCUT2D eigenvalue weighted by molar-refractivity contribution is 7.86. The van der Waals surface area contributed by atoms with Crippen LogP contribution >= 0.6 is 0 Å². The predicted octanol–water partition coefficient (Wildman–Crippen LogP) is -0.267. The molecule has 0 unspecified atom stereocenters. The third-order valence-electron chi connectivity index (χ3n) is 3.97. The number of amides is 2. The minimum atomic E-state index is -3.96. The molecule has 0 saturated carbocycles. The number of anilines is 2. The van der Waals surface area contributed by atoms with Gasteiger partial charge in [0.05, 0.1) is 31.6 Å². The standard InChI is InChI=1S/C14H17FN6O6S/c1-26-13(22)18-12-7-20(14(23)27-12)9-2-3-11(10(15)6-9)19-4-5-21(17-8-19)28(16,24)25/h2-3,6,8,12H,4-5,7H2,1H3,(H,18,22)(H2,16,24,25)/t12-/m1/s1. The van der Waals surface area contributed by atoms with Gasteiger partial charge in [-0.1, -0.05) is 0 Å². The number of nitrogens with two attached hydrogens (primary N) is 1. The molecule has 0 aliphatic carbocycles. The van der Waals surface area contributed by atoms with Gasteiger partial charge in [-0.3, -0.25) is 10.2 Å². The summed E-state index contributed by atoms with van der Waals surface area (Å²) in [5.74, 6) is -0.662. The molecule has 2 aliphatic heterocycles. The van der Waals surface area contributed by atoms with Gasteiger partial charge in [0.1, 0.15) is 12.2 Å². The van der Waals surface area contributed by atoms with Crippen LogP contribution in [-0.4, -0.2) is 64.3 Å². The van der Waals surface area contributed by atoms with Crippen LogP contribution < -0.4 is 20.3 Å². The Bertz CT molecular complexity index is 925. The number of hydrogen-bond acceptors (Lipinski definition) is 8. The number of methoxy groups -OCH3 is 1. The number of nitrogens with zero attached hydrogens (tertiary/aromatic N) is 4. The smallest absolute Gasteiger partial charge is 0.416 e. The zero-order chi connectivity index (χ0) is 20.5. The lowest BCUT2D eigenvalue weighted by molar-refractivity contribution is 0.108. The summed E-state index contributed by atoms with van der Waals surface area (Å²) < 4.78 is 47.2. The number of carbonyl (C=O) groups is 2. The van der Waals surface area contributed by atoms with Crippen LogP contribution in [0.2, 0.25) is 0 Å². The molecule has 14 heteroatoms. The molecule has 2 aliphatic rings. The highest BCUT2D eigenvalue weighted by Crippen LogP contribution is 2.28. The van der Waals surface area contributed by atoms with Gasteiger partial charge in [0.25, 0.3) is 0 Å². The number of benzene rings is 1. The average Bonchev–Trinajstić information content (AvgIpc) is 3.01. The molecule has 152 valence electrons. The van der Waals surface area contributed by atoms with E-state index in [4.69, 9.17) is 9.88 Å². The molecule has 12 nitrogen and oxygen atoms in total. The Morgan fingerprint density at radius 1 is 1.43 bits per heavy atom. The fourth-order valence-corrected chi connectivity index (χ4v) is 3.15. The first-order valence-corrected chi connectivity index (χ1v) is 9.43. The monoisotopic (exact) mass is 416 g/mol. The van der Waals surface area contributed by atoms with Crippen molar-refractivity contribution >= 4 is 40.1 Å². The molecule has 3 rings (SSSR count). The first kappa shape index (κ1) is 19.6. The summed E-state index contributed by atoms with van der Waals surface area (Å²) in [6.45, 7) is 0.0597. The van der Waals surface area contributed by atoms with Crippen LogP contribution in [0.5, 0.6) is 0 Å². The second-order valence-electron chi connectivity index (χ2n) is 5.77. The van der Waals surface area contributed by atoms with Gasteiger partial charge < -0.3 is 14.4 Å². The molecule has 1 fully saturated rings. The normalized spacial score (nSPS) is 19.6. The molecule has 1 saturated heterocycles. The largest absolute Gasteiger partial charge is 0.453 e. The van der Waals surface area contributed by atoms with E-state index >= 15 is 0 Å². The van der Waals surface area contributed by atoms with E-state index in [1.54, 1.807) is 0 Å². The number of ether oxygens (including phenoxy) is 2. The van der Waals surface area contributed by atoms with E-state index in [9.17, 15) is 22.4 Å². The van der Waals surface area contributed by atoms with Gasteiger partial charge >= 0.3 is 22.4 Å². The molecule has 1 atom stereocenters. The summed E-state index contributed by atoms with van der Waals surface area (Å²) >= 11 is 0. The van der Waals surface area contributed by atoms with Crippen molar-refractivity contribution in [2.75, 3.05) is 36.5 Å². The van der Waals surface area contributed by atoms with Gasteiger partial charge in [0.15, 0.2) is 6.23 Å². The maximum absolute atomic E-state index is 14.6. The number of nitrogens with one attached hydrogen (secondary N) is 1. The Kier molecular flexibility index (Phi) is 5.24. The first-order chi connectivity index (χ1) is 13.2. The summed E-state index contributed by atoms with van der Waals surface area (Å²) in [6.07, 6.45) is -1.30. The predicted molar refractivity (Wildman–Crippen MR) is 95.2 cm³/mol. The molecule has 0 bridgehead atoms. The minimum Gasteiger partial charge on any atom is -0.453 e. The molecule has 2 amide bonds. The molecule has 1 aromatic carbocycles. The number of cyclic esters (lactones) is 1. The summed E-state index contributed by atoms with van der Waals surface area (Å²) in [5.41, 5.74) is 0.360. The van der Waals surface area contributed by atoms with E-state index in [-0.39, 0.29) is 31.0 Å². The van der Waals surface area contributed by atoms with Gasteiger partial charge in [0.2, 0.25) is 0 Å². The number of hydrazone groups is 1. The van der Waals surface area contributed by atoms with Crippen LogP contribution in [-0.2, 0) is 19.7 Å². The number of alkyl carbamates (subject to hydrolysis) is 1. The van der Waals surface area contributed by atoms with Crippen molar-refractivity contribution in [1.29, 1.82) is 0 Å². The summed E-state index contributed by atoms with van der Waals surface area (Å²) in [6, 6.07) is 4.02. The second-order valence-corrected chi connectivity index (χ2v) is 7.22. The molecular weight excluding hydrogens is 399 g/mol. The van der Waals surface area contributed by atoms with Crippen molar-refractivity contribution in [2.24, 2.45) is 10.2 Å². The highest BCUT2D eigenvalue weighted by Gasteiger charge is 2.34. The minimum absolute atomic E-state index is 0.0266. The van der Waals surface area contributed by atoms with E-state index < -0.39 is 34.4 Å². The van der Waals surface area contributed by atoms with Gasteiger partial charge in [-0.25, -0.2) is 19.1 Å². The third kappa shape index (κ3) is 4.07. The second kappa shape index (κ2) is 7.47. The van der Waals surface area contributed by atoms with Crippen LogP contribution in [0.1, 0.15) is 0 Å². The van der Waals surface area contributed by atoms with E-state index in [1.165, 1.54) is 24.1 Å². The van der Waals surface area contributed by atoms with E-state index in [1.807, 2.05) is 0 Å². The molecule has 3 N–H and O–H groups in total. The van der Waals surface area contributed by atoms with Crippen molar-refractivity contribution in [2.45, 2.75) is 6.23 Å². The molecule has 0 spiro atoms. The van der Waals surface area contributed by atoms with Crippen molar-refractivity contribution in [3.05, 3.63) is 24.0 Å². The van der Waals surface area contributed by atoms with Crippen molar-refractivity contribution in [3.8, 4) is 0 Å². The fraction of sp³-hybridized carbons (Fsp3) is 0.357. The summed E-state index contributed by atoms with van der Waals surface area (Å²) in [5, 5.41) is 11.0. The maximum atomic E-state index is 14.6. The van der Waals surface area contributed by atoms with E-state index in [0.29, 0.717) is 4.41 Å². The highest BCUT2D eigenvalue weighted by atomic mass is 32.2. The first-order valence-electron chi connectivity index (χ1n) is 7.92. The van der Waals surface area contributed by atoms with Crippen LogP contribution in [0.3, 0.4) is 0 Å². The van der Waals surface area contributed by atoms with Gasteiger partial charge in [-0.05, 0) is 18.2 Å². The number of rotatable bonds is 4. The van der Waals surface area contributed by atoms with Crippen molar-refractivity contribution in [3.63, 3.8) is 0 Å². The van der Waals surface area contributed by atoms with Crippen molar-refractivity contribution < 1.29 is 31.9 Å². The lowest BCUT2D eigenvalue weighted by atomic mass is 10.2. The Morgan fingerprint density at radius 3 is 2.75 bits per heavy atom. The Morgan fingerprint density at radius 2 is 2.18 bits per heavy atom. The lowest BCUT2D eigenvalue weighted by Gasteiger charge is -2.28. The Labute approximate surface area is 159 Å². The third-order valence-corrected chi connectivity index (χ3v) is 4.84. The van der Waals surface area contributed by atoms with E-state index in [2.05, 4.69) is 15.2 Å². The number of carbonyl (C=O) groups excluding carboxylic acids is 2. The molecule has 1 aromatic rings. The zero-order valence-electron chi connectivity index (χ0n) is 14.6. The van der Waals surface area contributed by atoms with E-state index in [0.717, 1.165) is 17.3 Å². The van der Waals surface area contributed by atoms with Gasteiger partial charge in [0, 0.05) is 6.54 Å². The number of halogens is 1. The molecular formula is C14H17FN6O6S. The number of hydrogen-bond donors (Lipinski definition) is 2. The summed E-state index contributed by atoms with van der Waals surface area (Å²) in [4.78, 5) is 25.7. The average molecular weight is 416 g/mol.